The molecule has 0 bridgehead atoms. The molecule has 0 fully saturated rings. The Morgan fingerprint density at radius 1 is 0.933 bits per heavy atom. The van der Waals surface area contributed by atoms with E-state index in [0.29, 0.717) is 5.56 Å². The molecule has 0 heterocycles. The average molecular weight is 421 g/mol. The Balaban J connectivity index is 1.61. The average Bonchev–Trinajstić information content (AvgIpc) is 2.78. The van der Waals surface area contributed by atoms with Crippen LogP contribution in [0, 0.1) is 0 Å². The Hall–Kier alpha value is -3.38. The number of anilines is 1. The van der Waals surface area contributed by atoms with Crippen molar-refractivity contribution in [1.29, 1.82) is 0 Å². The lowest BCUT2D eigenvalue weighted by Crippen LogP contribution is -2.34. The zero-order valence-corrected chi connectivity index (χ0v) is 17.8. The molecule has 3 rings (SSSR count). The number of aryl methyl sites for hydroxylation is 1. The molecule has 3 aromatic carbocycles. The fraction of sp³-hybridized carbons (Fsp3) is 0.167. The summed E-state index contributed by atoms with van der Waals surface area (Å²) in [5.74, 6) is 1.22. The maximum atomic E-state index is 12.7. The predicted molar refractivity (Wildman–Crippen MR) is 123 cm³/mol. The van der Waals surface area contributed by atoms with Crippen molar-refractivity contribution in [1.82, 2.24) is 5.32 Å². The van der Waals surface area contributed by atoms with Crippen LogP contribution in [0.25, 0.3) is 0 Å². The van der Waals surface area contributed by atoms with Gasteiger partial charge in [0.05, 0.1) is 7.11 Å². The molecule has 0 unspecified atom stereocenters. The van der Waals surface area contributed by atoms with E-state index in [4.69, 9.17) is 21.7 Å². The molecule has 0 aliphatic carbocycles. The van der Waals surface area contributed by atoms with Crippen LogP contribution in [0.1, 0.15) is 28.4 Å². The topological polar surface area (TPSA) is 59.6 Å². The van der Waals surface area contributed by atoms with E-state index in [2.05, 4.69) is 17.6 Å². The Bertz CT molecular complexity index is 1000. The number of carbonyl (C=O) groups excluding carboxylic acids is 1. The van der Waals surface area contributed by atoms with Gasteiger partial charge < -0.3 is 14.8 Å². The third kappa shape index (κ3) is 5.81. The van der Waals surface area contributed by atoms with E-state index in [1.54, 1.807) is 13.2 Å². The Morgan fingerprint density at radius 2 is 1.60 bits per heavy atom. The molecule has 3 aromatic rings. The van der Waals surface area contributed by atoms with Gasteiger partial charge in [0.25, 0.3) is 5.91 Å². The molecule has 0 spiro atoms. The highest BCUT2D eigenvalue weighted by atomic mass is 32.1. The van der Waals surface area contributed by atoms with Crippen molar-refractivity contribution in [3.05, 3.63) is 89.5 Å². The van der Waals surface area contributed by atoms with Gasteiger partial charge in [-0.15, -0.1) is 0 Å². The molecule has 0 radical (unpaired) electrons. The highest BCUT2D eigenvalue weighted by Gasteiger charge is 2.13. The predicted octanol–water partition coefficient (Wildman–Crippen LogP) is 4.96. The van der Waals surface area contributed by atoms with Crippen LogP contribution in [0.2, 0.25) is 0 Å². The first-order valence-electron chi connectivity index (χ1n) is 9.65. The van der Waals surface area contributed by atoms with Crippen molar-refractivity contribution in [3.63, 3.8) is 0 Å². The molecule has 6 heteroatoms. The molecule has 30 heavy (non-hydrogen) atoms. The first-order chi connectivity index (χ1) is 14.6. The number of benzene rings is 3. The van der Waals surface area contributed by atoms with Crippen LogP contribution in [-0.4, -0.2) is 18.1 Å². The van der Waals surface area contributed by atoms with Crippen molar-refractivity contribution in [3.8, 4) is 11.5 Å². The zero-order chi connectivity index (χ0) is 21.3. The second-order valence-electron chi connectivity index (χ2n) is 6.58. The maximum absolute atomic E-state index is 12.7. The van der Waals surface area contributed by atoms with Gasteiger partial charge in [-0.3, -0.25) is 10.1 Å². The Morgan fingerprint density at radius 3 is 2.27 bits per heavy atom. The fourth-order valence-electron chi connectivity index (χ4n) is 2.86. The summed E-state index contributed by atoms with van der Waals surface area (Å²) in [4.78, 5) is 12.7. The molecule has 0 aliphatic heterocycles. The van der Waals surface area contributed by atoms with Crippen LogP contribution >= 0.6 is 12.2 Å². The molecule has 0 saturated heterocycles. The van der Waals surface area contributed by atoms with Crippen molar-refractivity contribution in [2.24, 2.45) is 0 Å². The summed E-state index contributed by atoms with van der Waals surface area (Å²) in [5.41, 5.74) is 3.30. The summed E-state index contributed by atoms with van der Waals surface area (Å²) in [5, 5.41) is 5.93. The lowest BCUT2D eigenvalue weighted by atomic mass is 10.1. The molecule has 154 valence electrons. The number of rotatable bonds is 7. The maximum Gasteiger partial charge on any atom is 0.257 e. The molecular formula is C24H24N2O3S. The minimum atomic E-state index is -0.290. The van der Waals surface area contributed by atoms with Crippen molar-refractivity contribution < 1.29 is 14.3 Å². The van der Waals surface area contributed by atoms with Crippen LogP contribution < -0.4 is 20.1 Å². The Kier molecular flexibility index (Phi) is 7.40. The van der Waals surface area contributed by atoms with Gasteiger partial charge in [0.2, 0.25) is 0 Å². The molecule has 0 aromatic heterocycles. The quantitative estimate of drug-likeness (QED) is 0.529. The van der Waals surface area contributed by atoms with Crippen LogP contribution in [-0.2, 0) is 13.0 Å². The first kappa shape index (κ1) is 21.3. The lowest BCUT2D eigenvalue weighted by molar-refractivity contribution is 0.0975. The van der Waals surface area contributed by atoms with Gasteiger partial charge >= 0.3 is 0 Å². The molecule has 0 saturated carbocycles. The van der Waals surface area contributed by atoms with E-state index in [1.807, 2.05) is 66.7 Å². The third-order valence-electron chi connectivity index (χ3n) is 4.56. The SMILES string of the molecule is CCc1ccc(OCc2ccccc2C(=O)NC(=S)Nc2ccc(OC)cc2)cc1. The normalized spacial score (nSPS) is 10.2. The minimum Gasteiger partial charge on any atom is -0.497 e. The summed E-state index contributed by atoms with van der Waals surface area (Å²) in [7, 11) is 1.61. The van der Waals surface area contributed by atoms with Gasteiger partial charge in [-0.05, 0) is 66.7 Å². The summed E-state index contributed by atoms with van der Waals surface area (Å²) in [6.45, 7) is 2.40. The van der Waals surface area contributed by atoms with Crippen LogP contribution in [0.4, 0.5) is 5.69 Å². The van der Waals surface area contributed by atoms with Crippen LogP contribution in [0.3, 0.4) is 0 Å². The Labute approximate surface area is 182 Å². The van der Waals surface area contributed by atoms with E-state index in [0.717, 1.165) is 29.2 Å². The fourth-order valence-corrected chi connectivity index (χ4v) is 3.07. The second kappa shape index (κ2) is 10.4. The number of thiocarbonyl (C=S) groups is 1. The molecule has 1 amide bonds. The number of methoxy groups -OCH3 is 1. The highest BCUT2D eigenvalue weighted by molar-refractivity contribution is 7.80. The number of carbonyl (C=O) groups is 1. The number of amides is 1. The van der Waals surface area contributed by atoms with E-state index in [1.165, 1.54) is 5.56 Å². The van der Waals surface area contributed by atoms with Gasteiger partial charge in [0.1, 0.15) is 18.1 Å². The van der Waals surface area contributed by atoms with Crippen molar-refractivity contribution in [2.75, 3.05) is 12.4 Å². The van der Waals surface area contributed by atoms with Gasteiger partial charge in [-0.25, -0.2) is 0 Å². The summed E-state index contributed by atoms with van der Waals surface area (Å²) >= 11 is 5.28. The van der Waals surface area contributed by atoms with Crippen molar-refractivity contribution in [2.45, 2.75) is 20.0 Å². The highest BCUT2D eigenvalue weighted by Crippen LogP contribution is 2.17. The van der Waals surface area contributed by atoms with Gasteiger partial charge in [0.15, 0.2) is 5.11 Å². The number of ether oxygens (including phenoxy) is 2. The minimum absolute atomic E-state index is 0.219. The standard InChI is InChI=1S/C24H24N2O3S/c1-3-17-8-12-21(13-9-17)29-16-18-6-4-5-7-22(18)23(27)26-24(30)25-19-10-14-20(28-2)15-11-19/h4-15H,3,16H2,1-2H3,(H2,25,26,27,30). The monoisotopic (exact) mass is 420 g/mol. The molecule has 0 atom stereocenters. The van der Waals surface area contributed by atoms with Gasteiger partial charge in [0, 0.05) is 16.8 Å². The number of hydrogen-bond donors (Lipinski definition) is 2. The zero-order valence-electron chi connectivity index (χ0n) is 17.0. The smallest absolute Gasteiger partial charge is 0.257 e. The van der Waals surface area contributed by atoms with E-state index >= 15 is 0 Å². The van der Waals surface area contributed by atoms with Crippen molar-refractivity contribution >= 4 is 28.9 Å². The second-order valence-corrected chi connectivity index (χ2v) is 6.99. The van der Waals surface area contributed by atoms with E-state index in [-0.39, 0.29) is 17.6 Å². The largest absolute Gasteiger partial charge is 0.497 e. The van der Waals surface area contributed by atoms with E-state index in [9.17, 15) is 4.79 Å². The summed E-state index contributed by atoms with van der Waals surface area (Å²) in [6.07, 6.45) is 0.980. The summed E-state index contributed by atoms with van der Waals surface area (Å²) < 4.78 is 11.0. The summed E-state index contributed by atoms with van der Waals surface area (Å²) in [6, 6.07) is 22.5. The van der Waals surface area contributed by atoms with Gasteiger partial charge in [-0.2, -0.15) is 0 Å². The first-order valence-corrected chi connectivity index (χ1v) is 10.1. The number of nitrogens with one attached hydrogen (secondary N) is 2. The molecule has 0 aliphatic rings. The van der Waals surface area contributed by atoms with E-state index < -0.39 is 0 Å². The van der Waals surface area contributed by atoms with Crippen LogP contribution in [0.15, 0.2) is 72.8 Å². The molecular weight excluding hydrogens is 396 g/mol. The number of hydrogen-bond acceptors (Lipinski definition) is 4. The third-order valence-corrected chi connectivity index (χ3v) is 4.77. The lowest BCUT2D eigenvalue weighted by Gasteiger charge is -2.13. The molecule has 5 nitrogen and oxygen atoms in total. The molecule has 2 N–H and O–H groups in total. The van der Waals surface area contributed by atoms with Gasteiger partial charge in [-0.1, -0.05) is 37.3 Å². The van der Waals surface area contributed by atoms with Crippen LogP contribution in [0.5, 0.6) is 11.5 Å².